The van der Waals surface area contributed by atoms with Gasteiger partial charge < -0.3 is 10.0 Å². The van der Waals surface area contributed by atoms with Gasteiger partial charge in [-0.15, -0.1) is 0 Å². The lowest BCUT2D eigenvalue weighted by Crippen LogP contribution is -2.46. The van der Waals surface area contributed by atoms with Gasteiger partial charge in [-0.05, 0) is 31.4 Å². The minimum atomic E-state index is -0.799. The van der Waals surface area contributed by atoms with Crippen LogP contribution in [-0.2, 0) is 4.79 Å². The second kappa shape index (κ2) is 5.56. The fourth-order valence-corrected chi connectivity index (χ4v) is 2.52. The molecular weight excluding hydrogens is 263 g/mol. The number of hydrogen-bond acceptors (Lipinski definition) is 3. The van der Waals surface area contributed by atoms with Crippen LogP contribution < -0.4 is 0 Å². The summed E-state index contributed by atoms with van der Waals surface area (Å²) in [5, 5.41) is 9.30. The summed E-state index contributed by atoms with van der Waals surface area (Å²) in [5.74, 6) is -1.57. The van der Waals surface area contributed by atoms with E-state index in [9.17, 15) is 19.1 Å². The highest BCUT2D eigenvalue weighted by Crippen LogP contribution is 2.35. The maximum Gasteiger partial charge on any atom is 0.309 e. The molecule has 2 rings (SSSR count). The Kier molecular flexibility index (Phi) is 4.01. The number of nitrogens with zero attached hydrogens (tertiary/aromatic N) is 2. The zero-order valence-corrected chi connectivity index (χ0v) is 11.3. The number of carboxylic acid groups (broad SMARTS) is 1. The van der Waals surface area contributed by atoms with Crippen molar-refractivity contribution in [2.75, 3.05) is 13.1 Å². The Hall–Kier alpha value is -1.98. The standard InChI is InChI=1S/C14H17FN2O3/c1-2-14(13(19)20)5-7-17(8-6-14)12(18)11-4-3-10(15)9-16-11/h3-4,9H,2,5-8H2,1H3,(H,19,20). The van der Waals surface area contributed by atoms with Gasteiger partial charge in [-0.1, -0.05) is 6.92 Å². The fourth-order valence-electron chi connectivity index (χ4n) is 2.52. The Balaban J connectivity index is 2.05. The van der Waals surface area contributed by atoms with Gasteiger partial charge in [0.05, 0.1) is 11.6 Å². The lowest BCUT2D eigenvalue weighted by molar-refractivity contribution is -0.152. The van der Waals surface area contributed by atoms with Gasteiger partial charge in [-0.25, -0.2) is 9.37 Å². The minimum absolute atomic E-state index is 0.186. The SMILES string of the molecule is CCC1(C(=O)O)CCN(C(=O)c2ccc(F)cn2)CC1. The highest BCUT2D eigenvalue weighted by molar-refractivity contribution is 5.92. The van der Waals surface area contributed by atoms with E-state index in [1.807, 2.05) is 6.92 Å². The number of piperidine rings is 1. The van der Waals surface area contributed by atoms with Crippen molar-refractivity contribution in [2.24, 2.45) is 5.41 Å². The summed E-state index contributed by atoms with van der Waals surface area (Å²) in [4.78, 5) is 28.9. The topological polar surface area (TPSA) is 70.5 Å². The number of halogens is 1. The maximum absolute atomic E-state index is 12.8. The average Bonchev–Trinajstić information content (AvgIpc) is 2.47. The van der Waals surface area contributed by atoms with Crippen molar-refractivity contribution < 1.29 is 19.1 Å². The van der Waals surface area contributed by atoms with E-state index in [4.69, 9.17) is 0 Å². The molecule has 1 aliphatic heterocycles. The van der Waals surface area contributed by atoms with Crippen molar-refractivity contribution in [3.8, 4) is 0 Å². The van der Waals surface area contributed by atoms with Crippen LogP contribution in [0, 0.1) is 11.2 Å². The number of aliphatic carboxylic acids is 1. The molecule has 6 heteroatoms. The quantitative estimate of drug-likeness (QED) is 0.918. The van der Waals surface area contributed by atoms with Gasteiger partial charge in [0.15, 0.2) is 0 Å². The van der Waals surface area contributed by atoms with Crippen LogP contribution in [0.2, 0.25) is 0 Å². The normalized spacial score (nSPS) is 17.8. The van der Waals surface area contributed by atoms with E-state index >= 15 is 0 Å². The minimum Gasteiger partial charge on any atom is -0.481 e. The highest BCUT2D eigenvalue weighted by atomic mass is 19.1. The van der Waals surface area contributed by atoms with Gasteiger partial charge in [0, 0.05) is 13.1 Å². The van der Waals surface area contributed by atoms with Crippen molar-refractivity contribution in [3.05, 3.63) is 29.8 Å². The van der Waals surface area contributed by atoms with Gasteiger partial charge in [-0.3, -0.25) is 9.59 Å². The molecule has 1 aromatic rings. The summed E-state index contributed by atoms with van der Waals surface area (Å²) in [6, 6.07) is 2.54. The number of rotatable bonds is 3. The van der Waals surface area contributed by atoms with Crippen molar-refractivity contribution >= 4 is 11.9 Å². The molecule has 0 atom stereocenters. The molecule has 5 nitrogen and oxygen atoms in total. The summed E-state index contributed by atoms with van der Waals surface area (Å²) in [6.07, 6.45) is 2.43. The molecule has 0 unspecified atom stereocenters. The number of amides is 1. The van der Waals surface area contributed by atoms with Crippen LogP contribution in [0.5, 0.6) is 0 Å². The summed E-state index contributed by atoms with van der Waals surface area (Å²) < 4.78 is 12.8. The van der Waals surface area contributed by atoms with Gasteiger partial charge in [0.2, 0.25) is 0 Å². The number of pyridine rings is 1. The van der Waals surface area contributed by atoms with E-state index in [0.29, 0.717) is 32.4 Å². The number of carbonyl (C=O) groups is 2. The Labute approximate surface area is 116 Å². The van der Waals surface area contributed by atoms with Crippen LogP contribution in [0.3, 0.4) is 0 Å². The third kappa shape index (κ3) is 2.64. The molecule has 0 bridgehead atoms. The van der Waals surface area contributed by atoms with E-state index < -0.39 is 17.2 Å². The zero-order chi connectivity index (χ0) is 14.8. The molecule has 0 spiro atoms. The predicted octanol–water partition coefficient (Wildman–Crippen LogP) is 1.94. The van der Waals surface area contributed by atoms with Crippen molar-refractivity contribution in [2.45, 2.75) is 26.2 Å². The van der Waals surface area contributed by atoms with E-state index in [-0.39, 0.29) is 11.6 Å². The van der Waals surface area contributed by atoms with Crippen LogP contribution >= 0.6 is 0 Å². The van der Waals surface area contributed by atoms with E-state index in [1.165, 1.54) is 12.1 Å². The molecule has 20 heavy (non-hydrogen) atoms. The first-order valence-corrected chi connectivity index (χ1v) is 6.63. The van der Waals surface area contributed by atoms with E-state index in [1.54, 1.807) is 4.90 Å². The zero-order valence-electron chi connectivity index (χ0n) is 11.3. The van der Waals surface area contributed by atoms with E-state index in [2.05, 4.69) is 4.98 Å². The first-order chi connectivity index (χ1) is 9.48. The van der Waals surface area contributed by atoms with Crippen LogP contribution in [-0.4, -0.2) is 40.0 Å². The molecule has 1 N–H and O–H groups in total. The molecule has 0 aromatic carbocycles. The average molecular weight is 280 g/mol. The Morgan fingerprint density at radius 3 is 2.50 bits per heavy atom. The molecule has 108 valence electrons. The van der Waals surface area contributed by atoms with Crippen LogP contribution in [0.4, 0.5) is 4.39 Å². The Morgan fingerprint density at radius 2 is 2.05 bits per heavy atom. The van der Waals surface area contributed by atoms with Crippen molar-refractivity contribution in [1.29, 1.82) is 0 Å². The molecule has 1 fully saturated rings. The second-order valence-corrected chi connectivity index (χ2v) is 5.09. The lowest BCUT2D eigenvalue weighted by atomic mass is 9.76. The number of carbonyl (C=O) groups excluding carboxylic acids is 1. The summed E-state index contributed by atoms with van der Waals surface area (Å²) in [7, 11) is 0. The molecule has 1 amide bonds. The summed E-state index contributed by atoms with van der Waals surface area (Å²) in [5.41, 5.74) is -0.543. The molecule has 1 aliphatic rings. The molecule has 0 radical (unpaired) electrons. The monoisotopic (exact) mass is 280 g/mol. The first kappa shape index (κ1) is 14.4. The molecular formula is C14H17FN2O3. The second-order valence-electron chi connectivity index (χ2n) is 5.09. The summed E-state index contributed by atoms with van der Waals surface area (Å²) in [6.45, 7) is 2.63. The predicted molar refractivity (Wildman–Crippen MR) is 69.7 cm³/mol. The Morgan fingerprint density at radius 1 is 1.40 bits per heavy atom. The number of hydrogen-bond donors (Lipinski definition) is 1. The highest BCUT2D eigenvalue weighted by Gasteiger charge is 2.40. The fraction of sp³-hybridized carbons (Fsp3) is 0.500. The van der Waals surface area contributed by atoms with Crippen LogP contribution in [0.15, 0.2) is 18.3 Å². The molecule has 1 aromatic heterocycles. The third-order valence-corrected chi connectivity index (χ3v) is 4.08. The lowest BCUT2D eigenvalue weighted by Gasteiger charge is -2.38. The van der Waals surface area contributed by atoms with E-state index in [0.717, 1.165) is 6.20 Å². The van der Waals surface area contributed by atoms with Gasteiger partial charge in [0.25, 0.3) is 5.91 Å². The number of aromatic nitrogens is 1. The van der Waals surface area contributed by atoms with Crippen LogP contribution in [0.1, 0.15) is 36.7 Å². The maximum atomic E-state index is 12.8. The number of likely N-dealkylation sites (tertiary alicyclic amines) is 1. The molecule has 0 saturated carbocycles. The van der Waals surface area contributed by atoms with Crippen molar-refractivity contribution in [1.82, 2.24) is 9.88 Å². The van der Waals surface area contributed by atoms with Gasteiger partial charge >= 0.3 is 5.97 Å². The Bertz CT molecular complexity index is 508. The summed E-state index contributed by atoms with van der Waals surface area (Å²) >= 11 is 0. The first-order valence-electron chi connectivity index (χ1n) is 6.63. The molecule has 2 heterocycles. The molecule has 1 saturated heterocycles. The molecule has 0 aliphatic carbocycles. The third-order valence-electron chi connectivity index (χ3n) is 4.08. The smallest absolute Gasteiger partial charge is 0.309 e. The number of carboxylic acids is 1. The van der Waals surface area contributed by atoms with Gasteiger partial charge in [0.1, 0.15) is 11.5 Å². The van der Waals surface area contributed by atoms with Crippen LogP contribution in [0.25, 0.3) is 0 Å². The van der Waals surface area contributed by atoms with Crippen molar-refractivity contribution in [3.63, 3.8) is 0 Å². The largest absolute Gasteiger partial charge is 0.481 e. The van der Waals surface area contributed by atoms with Gasteiger partial charge in [-0.2, -0.15) is 0 Å².